The van der Waals surface area contributed by atoms with E-state index in [9.17, 15) is 8.42 Å². The highest BCUT2D eigenvalue weighted by Gasteiger charge is 2.37. The van der Waals surface area contributed by atoms with Crippen LogP contribution >= 0.6 is 0 Å². The number of piperidine rings is 1. The number of nitrogens with zero attached hydrogens (tertiary/aromatic N) is 2. The third-order valence-corrected chi connectivity index (χ3v) is 6.15. The van der Waals surface area contributed by atoms with Crippen LogP contribution in [0.15, 0.2) is 23.1 Å². The van der Waals surface area contributed by atoms with E-state index in [1.54, 1.807) is 0 Å². The minimum atomic E-state index is -3.71. The summed E-state index contributed by atoms with van der Waals surface area (Å²) in [4.78, 5) is 0.0848. The highest BCUT2D eigenvalue weighted by Crippen LogP contribution is 2.33. The van der Waals surface area contributed by atoms with Gasteiger partial charge in [-0.15, -0.1) is 0 Å². The minimum Gasteiger partial charge on any atom is -0.495 e. The van der Waals surface area contributed by atoms with Crippen LogP contribution in [-0.2, 0) is 10.0 Å². The molecule has 1 aliphatic rings. The third kappa shape index (κ3) is 2.95. The molecule has 0 amide bonds. The van der Waals surface area contributed by atoms with Crippen LogP contribution in [-0.4, -0.2) is 39.0 Å². The van der Waals surface area contributed by atoms with Crippen LogP contribution in [0.5, 0.6) is 5.75 Å². The van der Waals surface area contributed by atoms with Crippen molar-refractivity contribution in [1.82, 2.24) is 4.31 Å². The minimum absolute atomic E-state index is 0.0848. The van der Waals surface area contributed by atoms with Gasteiger partial charge in [0.25, 0.3) is 0 Å². The molecule has 1 heterocycles. The van der Waals surface area contributed by atoms with Crippen molar-refractivity contribution in [1.29, 1.82) is 5.26 Å². The van der Waals surface area contributed by atoms with E-state index in [1.165, 1.54) is 29.6 Å². The Morgan fingerprint density at radius 2 is 2.23 bits per heavy atom. The summed E-state index contributed by atoms with van der Waals surface area (Å²) < 4.78 is 32.6. The van der Waals surface area contributed by atoms with E-state index in [4.69, 9.17) is 15.7 Å². The van der Waals surface area contributed by atoms with Crippen LogP contribution in [0.1, 0.15) is 25.3 Å². The lowest BCUT2D eigenvalue weighted by molar-refractivity contribution is 0.192. The van der Waals surface area contributed by atoms with Crippen LogP contribution in [0, 0.1) is 17.2 Å². The molecule has 1 aromatic rings. The molecular weight excluding hydrogens is 302 g/mol. The van der Waals surface area contributed by atoms with Crippen molar-refractivity contribution in [3.8, 4) is 11.8 Å². The summed E-state index contributed by atoms with van der Waals surface area (Å²) in [5.74, 6) is 0.408. The summed E-state index contributed by atoms with van der Waals surface area (Å²) in [6, 6.07) is 6.13. The molecule has 0 bridgehead atoms. The molecule has 0 spiro atoms. The second kappa shape index (κ2) is 6.65. The molecule has 2 rings (SSSR count). The predicted octanol–water partition coefficient (Wildman–Crippen LogP) is 1.31. The van der Waals surface area contributed by atoms with Gasteiger partial charge in [0.15, 0.2) is 0 Å². The Balaban J connectivity index is 2.48. The Bertz CT molecular complexity index is 682. The molecule has 120 valence electrons. The number of benzene rings is 1. The van der Waals surface area contributed by atoms with Gasteiger partial charge in [-0.05, 0) is 37.0 Å². The topological polar surface area (TPSA) is 96.4 Å². The predicted molar refractivity (Wildman–Crippen MR) is 82.8 cm³/mol. The van der Waals surface area contributed by atoms with Crippen LogP contribution < -0.4 is 10.5 Å². The van der Waals surface area contributed by atoms with Gasteiger partial charge in [-0.25, -0.2) is 8.42 Å². The summed E-state index contributed by atoms with van der Waals surface area (Å²) in [6.07, 6.45) is 1.79. The number of ether oxygens (including phenoxy) is 1. The molecule has 1 saturated heterocycles. The Labute approximate surface area is 131 Å². The second-order valence-electron chi connectivity index (χ2n) is 5.52. The molecule has 1 aromatic carbocycles. The molecular formula is C15H21N3O3S. The van der Waals surface area contributed by atoms with Crippen LogP contribution in [0.2, 0.25) is 0 Å². The van der Waals surface area contributed by atoms with Crippen molar-refractivity contribution in [2.75, 3.05) is 20.2 Å². The fourth-order valence-electron chi connectivity index (χ4n) is 2.94. The standard InChI is InChI=1S/C15H21N3O3S/c1-11-4-3-7-18(13(11)10-17)22(19,20)15-6-5-12(9-16)8-14(15)21-2/h5-6,8,11,13H,3-4,7,10,17H2,1-2H3. The third-order valence-electron chi connectivity index (χ3n) is 4.19. The lowest BCUT2D eigenvalue weighted by Gasteiger charge is -2.38. The number of nitrogens with two attached hydrogens (primary N) is 1. The summed E-state index contributed by atoms with van der Waals surface area (Å²) >= 11 is 0. The molecule has 22 heavy (non-hydrogen) atoms. The lowest BCUT2D eigenvalue weighted by atomic mass is 9.93. The van der Waals surface area contributed by atoms with Crippen molar-refractivity contribution in [2.24, 2.45) is 11.7 Å². The van der Waals surface area contributed by atoms with Crippen LogP contribution in [0.25, 0.3) is 0 Å². The molecule has 6 nitrogen and oxygen atoms in total. The highest BCUT2D eigenvalue weighted by molar-refractivity contribution is 7.89. The summed E-state index contributed by atoms with van der Waals surface area (Å²) in [6.45, 7) is 2.77. The Morgan fingerprint density at radius 1 is 1.50 bits per heavy atom. The SMILES string of the molecule is COc1cc(C#N)ccc1S(=O)(=O)N1CCCC(C)C1CN. The zero-order valence-electron chi connectivity index (χ0n) is 12.8. The Hall–Kier alpha value is -1.62. The first-order valence-electron chi connectivity index (χ1n) is 7.25. The average molecular weight is 323 g/mol. The van der Waals surface area contributed by atoms with Gasteiger partial charge in [-0.3, -0.25) is 0 Å². The molecule has 2 unspecified atom stereocenters. The first-order chi connectivity index (χ1) is 10.5. The first kappa shape index (κ1) is 16.7. The summed E-state index contributed by atoms with van der Waals surface area (Å²) in [5, 5.41) is 8.93. The smallest absolute Gasteiger partial charge is 0.247 e. The zero-order chi connectivity index (χ0) is 16.3. The molecule has 0 aromatic heterocycles. The van der Waals surface area contributed by atoms with Crippen LogP contribution in [0.3, 0.4) is 0 Å². The van der Waals surface area contributed by atoms with E-state index < -0.39 is 10.0 Å². The van der Waals surface area contributed by atoms with Gasteiger partial charge in [0.1, 0.15) is 10.6 Å². The number of rotatable bonds is 4. The summed E-state index contributed by atoms with van der Waals surface area (Å²) in [5.41, 5.74) is 6.15. The van der Waals surface area contributed by atoms with E-state index in [-0.39, 0.29) is 22.6 Å². The molecule has 0 aliphatic carbocycles. The Morgan fingerprint density at radius 3 is 2.82 bits per heavy atom. The van der Waals surface area contributed by atoms with Gasteiger partial charge in [0.05, 0.1) is 18.7 Å². The van der Waals surface area contributed by atoms with Crippen molar-refractivity contribution in [3.63, 3.8) is 0 Å². The number of hydrogen-bond acceptors (Lipinski definition) is 5. The normalized spacial score (nSPS) is 23.0. The van der Waals surface area contributed by atoms with E-state index in [0.717, 1.165) is 12.8 Å². The van der Waals surface area contributed by atoms with Gasteiger partial charge >= 0.3 is 0 Å². The maximum absolute atomic E-state index is 13.0. The van der Waals surface area contributed by atoms with Crippen LogP contribution in [0.4, 0.5) is 0 Å². The average Bonchev–Trinajstić information content (AvgIpc) is 2.53. The highest BCUT2D eigenvalue weighted by atomic mass is 32.2. The monoisotopic (exact) mass is 323 g/mol. The lowest BCUT2D eigenvalue weighted by Crippen LogP contribution is -2.51. The van der Waals surface area contributed by atoms with Crippen molar-refractivity contribution >= 4 is 10.0 Å². The zero-order valence-corrected chi connectivity index (χ0v) is 13.6. The number of hydrogen-bond donors (Lipinski definition) is 1. The van der Waals surface area contributed by atoms with E-state index in [2.05, 4.69) is 0 Å². The fraction of sp³-hybridized carbons (Fsp3) is 0.533. The number of nitriles is 1. The second-order valence-corrected chi connectivity index (χ2v) is 7.37. The molecule has 1 fully saturated rings. The fourth-order valence-corrected chi connectivity index (χ4v) is 4.84. The molecule has 7 heteroatoms. The largest absolute Gasteiger partial charge is 0.495 e. The molecule has 1 aliphatic heterocycles. The number of sulfonamides is 1. The maximum atomic E-state index is 13.0. The van der Waals surface area contributed by atoms with Gasteiger partial charge in [-0.1, -0.05) is 6.92 Å². The van der Waals surface area contributed by atoms with Gasteiger partial charge in [0.2, 0.25) is 10.0 Å². The van der Waals surface area contributed by atoms with Crippen molar-refractivity contribution < 1.29 is 13.2 Å². The molecule has 0 saturated carbocycles. The molecule has 2 atom stereocenters. The van der Waals surface area contributed by atoms with Crippen molar-refractivity contribution in [2.45, 2.75) is 30.7 Å². The summed E-state index contributed by atoms with van der Waals surface area (Å²) in [7, 11) is -2.31. The quantitative estimate of drug-likeness (QED) is 0.901. The van der Waals surface area contributed by atoms with Gasteiger partial charge in [-0.2, -0.15) is 9.57 Å². The molecule has 2 N–H and O–H groups in total. The van der Waals surface area contributed by atoms with Gasteiger partial charge in [0, 0.05) is 19.1 Å². The van der Waals surface area contributed by atoms with E-state index in [0.29, 0.717) is 18.7 Å². The van der Waals surface area contributed by atoms with Gasteiger partial charge < -0.3 is 10.5 Å². The van der Waals surface area contributed by atoms with E-state index in [1.807, 2.05) is 13.0 Å². The number of methoxy groups -OCH3 is 1. The molecule has 0 radical (unpaired) electrons. The Kier molecular flexibility index (Phi) is 5.06. The van der Waals surface area contributed by atoms with Crippen molar-refractivity contribution in [3.05, 3.63) is 23.8 Å². The maximum Gasteiger partial charge on any atom is 0.247 e. The first-order valence-corrected chi connectivity index (χ1v) is 8.69. The van der Waals surface area contributed by atoms with E-state index >= 15 is 0 Å².